The number of phenolic OH excluding ortho intramolecular Hbond substituents is 1. The zero-order valence-corrected chi connectivity index (χ0v) is 14.2. The van der Waals surface area contributed by atoms with Gasteiger partial charge in [-0.05, 0) is 62.3 Å². The first kappa shape index (κ1) is 16.7. The van der Waals surface area contributed by atoms with Gasteiger partial charge < -0.3 is 10.8 Å². The summed E-state index contributed by atoms with van der Waals surface area (Å²) in [6.07, 6.45) is 4.12. The van der Waals surface area contributed by atoms with Crippen molar-refractivity contribution in [3.8, 4) is 5.75 Å². The molecule has 0 heterocycles. The van der Waals surface area contributed by atoms with Crippen LogP contribution in [-0.2, 0) is 10.0 Å². The molecule has 0 amide bonds. The predicted octanol–water partition coefficient (Wildman–Crippen LogP) is 2.20. The van der Waals surface area contributed by atoms with E-state index in [2.05, 4.69) is 20.7 Å². The van der Waals surface area contributed by atoms with Gasteiger partial charge in [0.25, 0.3) is 0 Å². The van der Waals surface area contributed by atoms with Crippen LogP contribution in [0.3, 0.4) is 0 Å². The lowest BCUT2D eigenvalue weighted by Crippen LogP contribution is -2.32. The Balaban J connectivity index is 1.96. The average molecular weight is 377 g/mol. The fourth-order valence-corrected chi connectivity index (χ4v) is 4.24. The molecule has 0 radical (unpaired) electrons. The van der Waals surface area contributed by atoms with E-state index in [1.54, 1.807) is 6.07 Å². The summed E-state index contributed by atoms with van der Waals surface area (Å²) in [4.78, 5) is -0.0821. The Hall–Kier alpha value is -0.630. The molecular weight excluding hydrogens is 356 g/mol. The summed E-state index contributed by atoms with van der Waals surface area (Å²) in [6.45, 7) is 1.13. The van der Waals surface area contributed by atoms with Crippen LogP contribution >= 0.6 is 15.9 Å². The van der Waals surface area contributed by atoms with Gasteiger partial charge in [-0.3, -0.25) is 0 Å². The van der Waals surface area contributed by atoms with E-state index in [1.807, 2.05) is 0 Å². The summed E-state index contributed by atoms with van der Waals surface area (Å²) in [5.41, 5.74) is 5.65. The minimum Gasteiger partial charge on any atom is -0.506 e. The van der Waals surface area contributed by atoms with Gasteiger partial charge in [0.05, 0.1) is 0 Å². The number of hydrogen-bond donors (Lipinski definition) is 3. The van der Waals surface area contributed by atoms with E-state index in [1.165, 1.54) is 12.1 Å². The Morgan fingerprint density at radius 2 is 1.86 bits per heavy atom. The summed E-state index contributed by atoms with van der Waals surface area (Å²) < 4.78 is 27.7. The Morgan fingerprint density at radius 1 is 1.24 bits per heavy atom. The van der Waals surface area contributed by atoms with Gasteiger partial charge in [-0.1, -0.05) is 15.9 Å². The molecule has 1 aliphatic carbocycles. The molecule has 0 unspecified atom stereocenters. The van der Waals surface area contributed by atoms with Crippen molar-refractivity contribution in [1.82, 2.24) is 4.72 Å². The molecule has 21 heavy (non-hydrogen) atoms. The number of benzene rings is 1. The molecule has 1 aromatic carbocycles. The number of phenols is 1. The van der Waals surface area contributed by atoms with Crippen molar-refractivity contribution in [3.05, 3.63) is 22.7 Å². The third-order valence-electron chi connectivity index (χ3n) is 4.07. The van der Waals surface area contributed by atoms with Crippen molar-refractivity contribution >= 4 is 26.0 Å². The predicted molar refractivity (Wildman–Crippen MR) is 85.5 cm³/mol. The van der Waals surface area contributed by atoms with Gasteiger partial charge in [0, 0.05) is 11.0 Å². The number of nitrogens with two attached hydrogens (primary N) is 1. The van der Waals surface area contributed by atoms with E-state index >= 15 is 0 Å². The fraction of sp³-hybridized carbons (Fsp3) is 0.571. The molecule has 7 heteroatoms. The second-order valence-corrected chi connectivity index (χ2v) is 8.24. The molecule has 1 aromatic rings. The third-order valence-corrected chi connectivity index (χ3v) is 6.04. The quantitative estimate of drug-likeness (QED) is 0.734. The van der Waals surface area contributed by atoms with E-state index in [0.717, 1.165) is 25.7 Å². The minimum atomic E-state index is -3.67. The Labute approximate surface area is 134 Å². The monoisotopic (exact) mass is 376 g/mol. The topological polar surface area (TPSA) is 92.4 Å². The molecule has 0 aliphatic heterocycles. The van der Waals surface area contributed by atoms with Crippen LogP contribution in [0.15, 0.2) is 27.6 Å². The van der Waals surface area contributed by atoms with Crippen LogP contribution in [0, 0.1) is 11.8 Å². The van der Waals surface area contributed by atoms with Gasteiger partial charge in [0.15, 0.2) is 0 Å². The smallest absolute Gasteiger partial charge is 0.244 e. The number of nitrogens with one attached hydrogen (secondary N) is 1. The maximum atomic E-state index is 12.2. The molecular formula is C14H21BrN2O3S. The lowest BCUT2D eigenvalue weighted by atomic mass is 9.82. The molecule has 0 bridgehead atoms. The van der Waals surface area contributed by atoms with Crippen LogP contribution in [-0.4, -0.2) is 26.6 Å². The molecule has 0 saturated heterocycles. The van der Waals surface area contributed by atoms with Crippen molar-refractivity contribution in [2.45, 2.75) is 30.6 Å². The largest absolute Gasteiger partial charge is 0.506 e. The van der Waals surface area contributed by atoms with Gasteiger partial charge in [0.2, 0.25) is 10.0 Å². The standard InChI is InChI=1S/C14H21BrN2O3S/c15-12-5-6-14(13(18)7-12)21(19,20)17-9-11-3-1-10(8-16)2-4-11/h5-7,10-11,17-18H,1-4,8-9,16H2. The molecule has 0 atom stereocenters. The van der Waals surface area contributed by atoms with E-state index in [9.17, 15) is 13.5 Å². The highest BCUT2D eigenvalue weighted by molar-refractivity contribution is 9.10. The fourth-order valence-electron chi connectivity index (χ4n) is 2.69. The summed E-state index contributed by atoms with van der Waals surface area (Å²) in [5, 5.41) is 9.77. The zero-order valence-electron chi connectivity index (χ0n) is 11.8. The first-order chi connectivity index (χ1) is 9.92. The highest BCUT2D eigenvalue weighted by Crippen LogP contribution is 2.29. The molecule has 1 saturated carbocycles. The maximum absolute atomic E-state index is 12.2. The molecule has 2 rings (SSSR count). The van der Waals surface area contributed by atoms with Crippen LogP contribution in [0.4, 0.5) is 0 Å². The summed E-state index contributed by atoms with van der Waals surface area (Å²) in [7, 11) is -3.67. The number of halogens is 1. The van der Waals surface area contributed by atoms with Gasteiger partial charge >= 0.3 is 0 Å². The molecule has 0 aromatic heterocycles. The van der Waals surface area contributed by atoms with Gasteiger partial charge in [-0.15, -0.1) is 0 Å². The van der Waals surface area contributed by atoms with Gasteiger partial charge in [0.1, 0.15) is 10.6 Å². The first-order valence-corrected chi connectivity index (χ1v) is 9.38. The van der Waals surface area contributed by atoms with E-state index in [0.29, 0.717) is 29.4 Å². The second-order valence-electron chi connectivity index (χ2n) is 5.59. The second kappa shape index (κ2) is 7.09. The van der Waals surface area contributed by atoms with Crippen molar-refractivity contribution < 1.29 is 13.5 Å². The van der Waals surface area contributed by atoms with E-state index < -0.39 is 10.0 Å². The summed E-state index contributed by atoms with van der Waals surface area (Å²) in [6, 6.07) is 4.37. The van der Waals surface area contributed by atoms with Crippen molar-refractivity contribution in [3.63, 3.8) is 0 Å². The van der Waals surface area contributed by atoms with Crippen LogP contribution in [0.5, 0.6) is 5.75 Å². The van der Waals surface area contributed by atoms with E-state index in [4.69, 9.17) is 5.73 Å². The molecule has 1 aliphatic rings. The van der Waals surface area contributed by atoms with Crippen LogP contribution in [0.2, 0.25) is 0 Å². The molecule has 0 spiro atoms. The first-order valence-electron chi connectivity index (χ1n) is 7.10. The average Bonchev–Trinajstić information content (AvgIpc) is 2.45. The van der Waals surface area contributed by atoms with E-state index in [-0.39, 0.29) is 10.6 Å². The lowest BCUT2D eigenvalue weighted by Gasteiger charge is -2.27. The van der Waals surface area contributed by atoms with Crippen LogP contribution in [0.25, 0.3) is 0 Å². The number of aromatic hydroxyl groups is 1. The van der Waals surface area contributed by atoms with Crippen molar-refractivity contribution in [2.75, 3.05) is 13.1 Å². The number of hydrogen-bond acceptors (Lipinski definition) is 4. The number of rotatable bonds is 5. The SMILES string of the molecule is NCC1CCC(CNS(=O)(=O)c2ccc(Br)cc2O)CC1. The normalized spacial score (nSPS) is 23.1. The van der Waals surface area contributed by atoms with Gasteiger partial charge in [-0.2, -0.15) is 0 Å². The minimum absolute atomic E-state index is 0.0821. The highest BCUT2D eigenvalue weighted by Gasteiger charge is 2.24. The molecule has 4 N–H and O–H groups in total. The highest BCUT2D eigenvalue weighted by atomic mass is 79.9. The summed E-state index contributed by atoms with van der Waals surface area (Å²) >= 11 is 3.19. The summed E-state index contributed by atoms with van der Waals surface area (Å²) in [5.74, 6) is 0.678. The molecule has 5 nitrogen and oxygen atoms in total. The zero-order chi connectivity index (χ0) is 15.5. The lowest BCUT2D eigenvalue weighted by molar-refractivity contribution is 0.280. The number of sulfonamides is 1. The Bertz CT molecular complexity index is 584. The molecule has 1 fully saturated rings. The van der Waals surface area contributed by atoms with Gasteiger partial charge in [-0.25, -0.2) is 13.1 Å². The van der Waals surface area contributed by atoms with Crippen molar-refractivity contribution in [1.29, 1.82) is 0 Å². The van der Waals surface area contributed by atoms with Crippen LogP contribution in [0.1, 0.15) is 25.7 Å². The third kappa shape index (κ3) is 4.42. The maximum Gasteiger partial charge on any atom is 0.244 e. The molecule has 118 valence electrons. The Morgan fingerprint density at radius 3 is 2.43 bits per heavy atom. The van der Waals surface area contributed by atoms with Crippen LogP contribution < -0.4 is 10.5 Å². The Kier molecular flexibility index (Phi) is 5.65. The van der Waals surface area contributed by atoms with Crippen molar-refractivity contribution in [2.24, 2.45) is 17.6 Å².